The maximum atomic E-state index is 11.8. The molecule has 1 aromatic carbocycles. The van der Waals surface area contributed by atoms with Crippen molar-refractivity contribution in [2.75, 3.05) is 19.0 Å². The number of carbonyl (C=O) groups excluding carboxylic acids is 1. The number of ether oxygens (including phenoxy) is 2. The predicted octanol–water partition coefficient (Wildman–Crippen LogP) is 2.48. The molecule has 0 N–H and O–H groups in total. The molecule has 0 fully saturated rings. The molecule has 8 heteroatoms. The summed E-state index contributed by atoms with van der Waals surface area (Å²) >= 11 is 0. The molecule has 0 aliphatic heterocycles. The van der Waals surface area contributed by atoms with Crippen molar-refractivity contribution in [2.24, 2.45) is 0 Å². The Hall–Kier alpha value is -0.860. The van der Waals surface area contributed by atoms with Gasteiger partial charge in [0.15, 0.2) is 0 Å². The van der Waals surface area contributed by atoms with Gasteiger partial charge in [-0.1, -0.05) is 76.8 Å². The van der Waals surface area contributed by atoms with Gasteiger partial charge >= 0.3 is 35.5 Å². The molecule has 0 aromatic heterocycles. The number of hydrogen-bond donors (Lipinski definition) is 0. The van der Waals surface area contributed by atoms with Crippen molar-refractivity contribution in [3.8, 4) is 5.75 Å². The van der Waals surface area contributed by atoms with Crippen LogP contribution in [0.3, 0.4) is 0 Å². The Labute approximate surface area is 216 Å². The molecule has 0 aliphatic rings. The molecular formula is C24H37NaO6S. The van der Waals surface area contributed by atoms with Crippen LogP contribution in [0.5, 0.6) is 5.75 Å². The van der Waals surface area contributed by atoms with Gasteiger partial charge in [0, 0.05) is 5.57 Å². The van der Waals surface area contributed by atoms with Gasteiger partial charge in [-0.05, 0) is 37.1 Å². The van der Waals surface area contributed by atoms with E-state index in [-0.39, 0.29) is 29.6 Å². The fourth-order valence-electron chi connectivity index (χ4n) is 3.10. The number of unbranched alkanes of at least 4 members (excludes halogenated alkanes) is 9. The number of benzene rings is 1. The van der Waals surface area contributed by atoms with Crippen molar-refractivity contribution in [3.63, 3.8) is 0 Å². The summed E-state index contributed by atoms with van der Waals surface area (Å²) in [6.07, 6.45) is 14.5. The molecule has 0 spiro atoms. The summed E-state index contributed by atoms with van der Waals surface area (Å²) in [5, 5.41) is 0. The van der Waals surface area contributed by atoms with Gasteiger partial charge in [-0.25, -0.2) is 13.2 Å². The van der Waals surface area contributed by atoms with E-state index in [0.29, 0.717) is 12.2 Å². The first-order valence-corrected chi connectivity index (χ1v) is 12.9. The van der Waals surface area contributed by atoms with Gasteiger partial charge in [0.2, 0.25) is 0 Å². The Kier molecular flexibility index (Phi) is 18.1. The molecule has 6 nitrogen and oxygen atoms in total. The average Bonchev–Trinajstić information content (AvgIpc) is 2.72. The van der Waals surface area contributed by atoms with E-state index in [2.05, 4.69) is 6.92 Å². The SMILES string of the molecule is CCCCCCCCCCCCOc1ccc(/C=C(\C)C(=O)OCCS(=O)(=O)[O-])cc1.[Na+]. The van der Waals surface area contributed by atoms with Crippen LogP contribution in [0.4, 0.5) is 0 Å². The first-order chi connectivity index (χ1) is 14.8. The van der Waals surface area contributed by atoms with Crippen LogP contribution in [0, 0.1) is 0 Å². The second kappa shape index (κ2) is 18.6. The third kappa shape index (κ3) is 16.7. The van der Waals surface area contributed by atoms with Crippen LogP contribution in [0.2, 0.25) is 0 Å². The second-order valence-electron chi connectivity index (χ2n) is 7.82. The largest absolute Gasteiger partial charge is 1.00 e. The molecule has 0 heterocycles. The van der Waals surface area contributed by atoms with Crippen LogP contribution in [0.1, 0.15) is 83.6 Å². The van der Waals surface area contributed by atoms with Crippen LogP contribution in [0.15, 0.2) is 29.8 Å². The molecule has 176 valence electrons. The molecule has 0 radical (unpaired) electrons. The summed E-state index contributed by atoms with van der Waals surface area (Å²) in [5.74, 6) is -0.587. The van der Waals surface area contributed by atoms with Gasteiger partial charge in [0.1, 0.15) is 12.4 Å². The van der Waals surface area contributed by atoms with E-state index in [0.717, 1.165) is 17.7 Å². The number of rotatable bonds is 17. The van der Waals surface area contributed by atoms with E-state index in [9.17, 15) is 17.8 Å². The zero-order chi connectivity index (χ0) is 23.0. The molecule has 0 atom stereocenters. The third-order valence-electron chi connectivity index (χ3n) is 4.92. The molecule has 0 unspecified atom stereocenters. The summed E-state index contributed by atoms with van der Waals surface area (Å²) in [5.41, 5.74) is 1.12. The minimum atomic E-state index is -4.39. The van der Waals surface area contributed by atoms with Crippen molar-refractivity contribution < 1.29 is 56.8 Å². The van der Waals surface area contributed by atoms with Crippen LogP contribution in [0.25, 0.3) is 6.08 Å². The first-order valence-electron chi connectivity index (χ1n) is 11.3. The minimum absolute atomic E-state index is 0. The maximum absolute atomic E-state index is 11.8. The van der Waals surface area contributed by atoms with Gasteiger partial charge in [0.25, 0.3) is 0 Å². The van der Waals surface area contributed by atoms with Gasteiger partial charge < -0.3 is 14.0 Å². The molecule has 0 saturated carbocycles. The quantitative estimate of drug-likeness (QED) is 0.113. The van der Waals surface area contributed by atoms with E-state index in [4.69, 9.17) is 9.47 Å². The predicted molar refractivity (Wildman–Crippen MR) is 123 cm³/mol. The van der Waals surface area contributed by atoms with Gasteiger partial charge in [-0.2, -0.15) is 0 Å². The third-order valence-corrected chi connectivity index (χ3v) is 5.59. The fourth-order valence-corrected chi connectivity index (χ4v) is 3.39. The fraction of sp³-hybridized carbons (Fsp3) is 0.625. The molecular weight excluding hydrogens is 439 g/mol. The molecule has 0 aliphatic carbocycles. The number of carbonyl (C=O) groups is 1. The smallest absolute Gasteiger partial charge is 0.748 e. The normalized spacial score (nSPS) is 11.7. The van der Waals surface area contributed by atoms with Crippen LogP contribution >= 0.6 is 0 Å². The molecule has 1 rings (SSSR count). The van der Waals surface area contributed by atoms with E-state index < -0.39 is 28.4 Å². The molecule has 0 bridgehead atoms. The molecule has 0 amide bonds. The van der Waals surface area contributed by atoms with E-state index in [1.54, 1.807) is 13.0 Å². The van der Waals surface area contributed by atoms with Crippen molar-refractivity contribution in [1.29, 1.82) is 0 Å². The Balaban J connectivity index is 0.00000961. The summed E-state index contributed by atoms with van der Waals surface area (Å²) in [4.78, 5) is 11.8. The zero-order valence-corrected chi connectivity index (χ0v) is 22.8. The summed E-state index contributed by atoms with van der Waals surface area (Å²) in [6, 6.07) is 7.38. The Morgan fingerprint density at radius 3 is 1.97 bits per heavy atom. The van der Waals surface area contributed by atoms with Crippen LogP contribution in [-0.2, 0) is 19.6 Å². The summed E-state index contributed by atoms with van der Waals surface area (Å²) in [7, 11) is -4.39. The second-order valence-corrected chi connectivity index (χ2v) is 9.35. The standard InChI is InChI=1S/C24H38O6S.Na/c1-3-4-5-6-7-8-9-10-11-12-17-29-23-15-13-22(14-16-23)20-21(2)24(25)30-18-19-31(26,27)28;/h13-16,20H,3-12,17-19H2,1-2H3,(H,26,27,28);/q;+1/p-1/b21-20+;. The molecule has 0 saturated heterocycles. The van der Waals surface area contributed by atoms with Gasteiger partial charge in [0.05, 0.1) is 22.5 Å². The number of esters is 1. The molecule has 32 heavy (non-hydrogen) atoms. The molecule has 1 aromatic rings. The van der Waals surface area contributed by atoms with E-state index >= 15 is 0 Å². The Morgan fingerprint density at radius 1 is 0.906 bits per heavy atom. The van der Waals surface area contributed by atoms with E-state index in [1.165, 1.54) is 57.8 Å². The van der Waals surface area contributed by atoms with Crippen molar-refractivity contribution in [1.82, 2.24) is 0 Å². The van der Waals surface area contributed by atoms with Gasteiger partial charge in [-0.15, -0.1) is 0 Å². The monoisotopic (exact) mass is 476 g/mol. The minimum Gasteiger partial charge on any atom is -0.748 e. The number of hydrogen-bond acceptors (Lipinski definition) is 6. The Bertz CT molecular complexity index is 759. The Morgan fingerprint density at radius 2 is 1.44 bits per heavy atom. The van der Waals surface area contributed by atoms with Crippen molar-refractivity contribution in [2.45, 2.75) is 78.1 Å². The topological polar surface area (TPSA) is 92.7 Å². The van der Waals surface area contributed by atoms with Crippen LogP contribution < -0.4 is 34.3 Å². The average molecular weight is 477 g/mol. The van der Waals surface area contributed by atoms with Gasteiger partial charge in [-0.3, -0.25) is 0 Å². The van der Waals surface area contributed by atoms with Crippen molar-refractivity contribution in [3.05, 3.63) is 35.4 Å². The summed E-state index contributed by atoms with van der Waals surface area (Å²) in [6.45, 7) is 4.07. The van der Waals surface area contributed by atoms with Crippen LogP contribution in [-0.4, -0.2) is 37.9 Å². The zero-order valence-electron chi connectivity index (χ0n) is 19.9. The van der Waals surface area contributed by atoms with E-state index in [1.807, 2.05) is 24.3 Å². The summed E-state index contributed by atoms with van der Waals surface area (Å²) < 4.78 is 42.1. The first kappa shape index (κ1) is 31.1. The maximum Gasteiger partial charge on any atom is 1.00 e. The van der Waals surface area contributed by atoms with Crippen molar-refractivity contribution >= 4 is 22.2 Å².